The Bertz CT molecular complexity index is 1680. The van der Waals surface area contributed by atoms with Crippen LogP contribution in [-0.2, 0) is 24.4 Å². The fourth-order valence-electron chi connectivity index (χ4n) is 5.65. The van der Waals surface area contributed by atoms with E-state index >= 15 is 0 Å². The molecule has 0 bridgehead atoms. The zero-order chi connectivity index (χ0) is 26.2. The van der Waals surface area contributed by atoms with E-state index in [1.807, 2.05) is 48.5 Å². The average molecular weight is 545 g/mol. The van der Waals surface area contributed by atoms with Crippen molar-refractivity contribution >= 4 is 51.0 Å². The van der Waals surface area contributed by atoms with Crippen LogP contribution in [0.4, 0.5) is 0 Å². The van der Waals surface area contributed by atoms with Gasteiger partial charge in [-0.2, -0.15) is 0 Å². The highest BCUT2D eigenvalue weighted by Crippen LogP contribution is 2.42. The lowest BCUT2D eigenvalue weighted by Crippen LogP contribution is -2.17. The second kappa shape index (κ2) is 10.3. The monoisotopic (exact) mass is 544 g/mol. The molecular weight excluding hydrogens is 519 g/mol. The molecule has 1 aliphatic carbocycles. The molecule has 5 nitrogen and oxygen atoms in total. The van der Waals surface area contributed by atoms with Crippen LogP contribution in [0.5, 0.6) is 5.75 Å². The van der Waals surface area contributed by atoms with Crippen molar-refractivity contribution in [1.29, 1.82) is 0 Å². The van der Waals surface area contributed by atoms with Gasteiger partial charge in [-0.3, -0.25) is 4.79 Å². The highest BCUT2D eigenvalue weighted by Gasteiger charge is 2.29. The number of hydrogen-bond acceptors (Lipinski definition) is 3. The molecule has 7 heteroatoms. The van der Waals surface area contributed by atoms with Crippen molar-refractivity contribution in [2.24, 2.45) is 0 Å². The average Bonchev–Trinajstić information content (AvgIpc) is 3.23. The molecule has 0 saturated carbocycles. The molecule has 1 atom stereocenters. The van der Waals surface area contributed by atoms with Gasteiger partial charge in [-0.1, -0.05) is 53.5 Å². The van der Waals surface area contributed by atoms with Crippen molar-refractivity contribution in [2.45, 2.75) is 44.8 Å². The number of pyridine rings is 1. The van der Waals surface area contributed by atoms with E-state index in [1.165, 1.54) is 5.56 Å². The first-order valence-corrected chi connectivity index (χ1v) is 13.5. The van der Waals surface area contributed by atoms with E-state index < -0.39 is 5.97 Å². The summed E-state index contributed by atoms with van der Waals surface area (Å²) in [5.74, 6) is -0.0546. The summed E-state index contributed by atoms with van der Waals surface area (Å²) in [6.45, 7) is 0.949. The van der Waals surface area contributed by atoms with Crippen molar-refractivity contribution in [2.75, 3.05) is 0 Å². The summed E-state index contributed by atoms with van der Waals surface area (Å²) in [6.07, 6.45) is 2.84. The van der Waals surface area contributed by atoms with Crippen molar-refractivity contribution in [3.8, 4) is 5.75 Å². The van der Waals surface area contributed by atoms with Gasteiger partial charge in [0.2, 0.25) is 0 Å². The van der Waals surface area contributed by atoms with E-state index in [-0.39, 0.29) is 12.3 Å². The van der Waals surface area contributed by atoms with E-state index in [0.717, 1.165) is 63.8 Å². The molecule has 0 spiro atoms. The number of carboxylic acid groups (broad SMARTS) is 1. The van der Waals surface area contributed by atoms with Crippen LogP contribution in [0.1, 0.15) is 47.7 Å². The largest absolute Gasteiger partial charge is 0.487 e. The smallest absolute Gasteiger partial charge is 0.304 e. The standard InChI is InChI=1S/C31H26Cl2N2O3/c32-26-12-8-19(14-27(26)33)17-35-29-13-11-23(38-18-22-10-9-20-4-1-2-7-28(20)34-22)16-25(29)24-6-3-5-21(31(24)35)15-30(36)37/h1-2,4,7-14,16,21H,3,5-6,15,17-18H2,(H,36,37). The summed E-state index contributed by atoms with van der Waals surface area (Å²) in [5, 5.41) is 12.9. The summed E-state index contributed by atoms with van der Waals surface area (Å²) in [7, 11) is 0. The third kappa shape index (κ3) is 4.84. The van der Waals surface area contributed by atoms with Crippen LogP contribution in [0.15, 0.2) is 72.8 Å². The van der Waals surface area contributed by atoms with Gasteiger partial charge >= 0.3 is 5.97 Å². The number of nitrogens with zero attached hydrogens (tertiary/aromatic N) is 2. The molecule has 38 heavy (non-hydrogen) atoms. The Balaban J connectivity index is 1.37. The first-order chi connectivity index (χ1) is 18.5. The summed E-state index contributed by atoms with van der Waals surface area (Å²) >= 11 is 12.5. The van der Waals surface area contributed by atoms with Crippen molar-refractivity contribution < 1.29 is 14.6 Å². The van der Waals surface area contributed by atoms with Gasteiger partial charge in [-0.25, -0.2) is 4.98 Å². The number of aliphatic carboxylic acids is 1. The number of carboxylic acids is 1. The van der Waals surface area contributed by atoms with Crippen LogP contribution < -0.4 is 4.74 Å². The van der Waals surface area contributed by atoms with Crippen LogP contribution in [0.2, 0.25) is 10.0 Å². The highest BCUT2D eigenvalue weighted by molar-refractivity contribution is 6.42. The molecule has 1 unspecified atom stereocenters. The molecule has 2 heterocycles. The summed E-state index contributed by atoms with van der Waals surface area (Å²) < 4.78 is 8.45. The van der Waals surface area contributed by atoms with Crippen molar-refractivity contribution in [1.82, 2.24) is 9.55 Å². The van der Waals surface area contributed by atoms with E-state index in [1.54, 1.807) is 6.07 Å². The van der Waals surface area contributed by atoms with Crippen LogP contribution >= 0.6 is 23.2 Å². The number of aryl methyl sites for hydroxylation is 1. The molecule has 5 aromatic rings. The number of benzene rings is 3. The molecule has 0 aliphatic heterocycles. The Morgan fingerprint density at radius 2 is 1.89 bits per heavy atom. The van der Waals surface area contributed by atoms with E-state index in [9.17, 15) is 9.90 Å². The van der Waals surface area contributed by atoms with E-state index in [4.69, 9.17) is 32.9 Å². The van der Waals surface area contributed by atoms with Crippen LogP contribution in [0.3, 0.4) is 0 Å². The summed E-state index contributed by atoms with van der Waals surface area (Å²) in [4.78, 5) is 16.5. The van der Waals surface area contributed by atoms with Gasteiger partial charge in [0.1, 0.15) is 12.4 Å². The zero-order valence-corrected chi connectivity index (χ0v) is 22.2. The van der Waals surface area contributed by atoms with Gasteiger partial charge in [0.05, 0.1) is 27.7 Å². The Morgan fingerprint density at radius 3 is 2.74 bits per heavy atom. The third-order valence-electron chi connectivity index (χ3n) is 7.34. The minimum absolute atomic E-state index is 0.0439. The number of aromatic nitrogens is 2. The fourth-order valence-corrected chi connectivity index (χ4v) is 5.97. The number of rotatable bonds is 7. The predicted octanol–water partition coefficient (Wildman–Crippen LogP) is 8.02. The lowest BCUT2D eigenvalue weighted by atomic mass is 9.84. The number of fused-ring (bicyclic) bond motifs is 4. The van der Waals surface area contributed by atoms with Gasteiger partial charge in [0.25, 0.3) is 0 Å². The van der Waals surface area contributed by atoms with E-state index in [0.29, 0.717) is 23.2 Å². The molecule has 192 valence electrons. The van der Waals surface area contributed by atoms with Crippen molar-refractivity contribution in [3.63, 3.8) is 0 Å². The van der Waals surface area contributed by atoms with Crippen LogP contribution in [0.25, 0.3) is 21.8 Å². The fraction of sp³-hybridized carbons (Fsp3) is 0.226. The first kappa shape index (κ1) is 24.8. The lowest BCUT2D eigenvalue weighted by Gasteiger charge is -2.25. The van der Waals surface area contributed by atoms with Crippen molar-refractivity contribution in [3.05, 3.63) is 105 Å². The maximum Gasteiger partial charge on any atom is 0.304 e. The summed E-state index contributed by atoms with van der Waals surface area (Å²) in [6, 6.07) is 23.9. The van der Waals surface area contributed by atoms with E-state index in [2.05, 4.69) is 22.8 Å². The minimum Gasteiger partial charge on any atom is -0.487 e. The first-order valence-electron chi connectivity index (χ1n) is 12.7. The number of hydrogen-bond donors (Lipinski definition) is 1. The molecule has 0 radical (unpaired) electrons. The highest BCUT2D eigenvalue weighted by atomic mass is 35.5. The minimum atomic E-state index is -0.777. The zero-order valence-electron chi connectivity index (χ0n) is 20.7. The Kier molecular flexibility index (Phi) is 6.73. The van der Waals surface area contributed by atoms with Gasteiger partial charge in [-0.15, -0.1) is 0 Å². The molecular formula is C31H26Cl2N2O3. The predicted molar refractivity (Wildman–Crippen MR) is 152 cm³/mol. The SMILES string of the molecule is O=C(O)CC1CCCc2c1n(Cc1ccc(Cl)c(Cl)c1)c1ccc(OCc3ccc4ccccc4n3)cc21. The van der Waals surface area contributed by atoms with Gasteiger partial charge in [-0.05, 0) is 72.9 Å². The Labute approximate surface area is 230 Å². The van der Waals surface area contributed by atoms with Crippen LogP contribution in [-0.4, -0.2) is 20.6 Å². The number of ether oxygens (including phenoxy) is 1. The normalized spacial score (nSPS) is 15.1. The maximum absolute atomic E-state index is 11.7. The molecule has 6 rings (SSSR count). The molecule has 1 aliphatic rings. The third-order valence-corrected chi connectivity index (χ3v) is 8.08. The number of para-hydroxylation sites is 1. The topological polar surface area (TPSA) is 64.3 Å². The summed E-state index contributed by atoms with van der Waals surface area (Å²) in [5.41, 5.74) is 6.21. The number of halogens is 2. The second-order valence-electron chi connectivity index (χ2n) is 9.85. The van der Waals surface area contributed by atoms with Gasteiger partial charge in [0.15, 0.2) is 0 Å². The Morgan fingerprint density at radius 1 is 1.03 bits per heavy atom. The van der Waals surface area contributed by atoms with Gasteiger partial charge < -0.3 is 14.4 Å². The molecule has 2 aromatic heterocycles. The quantitative estimate of drug-likeness (QED) is 0.225. The number of carbonyl (C=O) groups is 1. The van der Waals surface area contributed by atoms with Crippen LogP contribution in [0, 0.1) is 0 Å². The second-order valence-corrected chi connectivity index (χ2v) is 10.7. The van der Waals surface area contributed by atoms with Gasteiger partial charge in [0, 0.05) is 34.4 Å². The molecule has 1 N–H and O–H groups in total. The molecule has 0 amide bonds. The molecule has 3 aromatic carbocycles. The maximum atomic E-state index is 11.7. The molecule has 0 fully saturated rings. The molecule has 0 saturated heterocycles. The lowest BCUT2D eigenvalue weighted by molar-refractivity contribution is -0.137. The Hall–Kier alpha value is -3.54.